The van der Waals surface area contributed by atoms with E-state index in [0.29, 0.717) is 23.6 Å². The normalized spacial score (nSPS) is 10.7. The summed E-state index contributed by atoms with van der Waals surface area (Å²) in [4.78, 5) is 0. The fourth-order valence-corrected chi connectivity index (χ4v) is 2.43. The van der Waals surface area contributed by atoms with Gasteiger partial charge < -0.3 is 20.1 Å². The highest BCUT2D eigenvalue weighted by Gasteiger charge is 2.18. The molecule has 0 aliphatic carbocycles. The molecule has 3 rings (SSSR count). The molecule has 23 heavy (non-hydrogen) atoms. The summed E-state index contributed by atoms with van der Waals surface area (Å²) >= 11 is 0. The van der Waals surface area contributed by atoms with Gasteiger partial charge in [0.25, 0.3) is 0 Å². The smallest absolute Gasteiger partial charge is 0.132 e. The van der Waals surface area contributed by atoms with Gasteiger partial charge >= 0.3 is 0 Å². The SMILES string of the molecule is CCOc1cc(O)c(-c2[nH]ncc2-c2ccc(O)cc2)c(O)c1. The zero-order valence-electron chi connectivity index (χ0n) is 12.4. The number of hydrogen-bond donors (Lipinski definition) is 4. The Bertz CT molecular complexity index is 802. The third-order valence-corrected chi connectivity index (χ3v) is 3.45. The van der Waals surface area contributed by atoms with Crippen molar-refractivity contribution in [3.05, 3.63) is 42.6 Å². The first-order valence-electron chi connectivity index (χ1n) is 7.12. The molecule has 0 aliphatic rings. The minimum Gasteiger partial charge on any atom is -0.508 e. The summed E-state index contributed by atoms with van der Waals surface area (Å²) < 4.78 is 5.29. The van der Waals surface area contributed by atoms with Crippen molar-refractivity contribution in [1.29, 1.82) is 0 Å². The van der Waals surface area contributed by atoms with Gasteiger partial charge in [-0.05, 0) is 24.6 Å². The maximum Gasteiger partial charge on any atom is 0.132 e. The Kier molecular flexibility index (Phi) is 3.80. The van der Waals surface area contributed by atoms with Crippen molar-refractivity contribution in [2.45, 2.75) is 6.92 Å². The summed E-state index contributed by atoms with van der Waals surface area (Å²) in [6.45, 7) is 2.25. The summed E-state index contributed by atoms with van der Waals surface area (Å²) in [5, 5.41) is 36.7. The maximum atomic E-state index is 10.3. The average molecular weight is 312 g/mol. The van der Waals surface area contributed by atoms with Crippen LogP contribution in [0.25, 0.3) is 22.4 Å². The third-order valence-electron chi connectivity index (χ3n) is 3.45. The molecule has 6 nitrogen and oxygen atoms in total. The van der Waals surface area contributed by atoms with Crippen LogP contribution in [0.4, 0.5) is 0 Å². The molecule has 0 spiro atoms. The van der Waals surface area contributed by atoms with Crippen LogP contribution in [0.15, 0.2) is 42.6 Å². The van der Waals surface area contributed by atoms with Gasteiger partial charge in [0.1, 0.15) is 23.0 Å². The highest BCUT2D eigenvalue weighted by atomic mass is 16.5. The van der Waals surface area contributed by atoms with E-state index in [0.717, 1.165) is 5.56 Å². The van der Waals surface area contributed by atoms with Crippen molar-refractivity contribution in [3.63, 3.8) is 0 Å². The van der Waals surface area contributed by atoms with Gasteiger partial charge in [-0.1, -0.05) is 12.1 Å². The van der Waals surface area contributed by atoms with Gasteiger partial charge in [-0.25, -0.2) is 0 Å². The van der Waals surface area contributed by atoms with Crippen LogP contribution in [0.1, 0.15) is 6.92 Å². The molecule has 0 atom stereocenters. The molecular weight excluding hydrogens is 296 g/mol. The molecule has 1 aromatic heterocycles. The lowest BCUT2D eigenvalue weighted by Gasteiger charge is -2.11. The van der Waals surface area contributed by atoms with Gasteiger partial charge in [-0.3, -0.25) is 5.10 Å². The number of benzene rings is 2. The number of aromatic hydroxyl groups is 3. The molecule has 0 radical (unpaired) electrons. The summed E-state index contributed by atoms with van der Waals surface area (Å²) in [6.07, 6.45) is 1.59. The van der Waals surface area contributed by atoms with Crippen molar-refractivity contribution in [3.8, 4) is 45.4 Å². The molecule has 3 aromatic rings. The summed E-state index contributed by atoms with van der Waals surface area (Å²) in [7, 11) is 0. The predicted octanol–water partition coefficient (Wildman–Crippen LogP) is 3.26. The summed E-state index contributed by atoms with van der Waals surface area (Å²) in [6, 6.07) is 9.46. The first-order valence-corrected chi connectivity index (χ1v) is 7.12. The van der Waals surface area contributed by atoms with E-state index in [4.69, 9.17) is 4.74 Å². The van der Waals surface area contributed by atoms with Gasteiger partial charge in [-0.2, -0.15) is 5.10 Å². The lowest BCUT2D eigenvalue weighted by atomic mass is 10.00. The van der Waals surface area contributed by atoms with Gasteiger partial charge in [-0.15, -0.1) is 0 Å². The van der Waals surface area contributed by atoms with E-state index in [9.17, 15) is 15.3 Å². The second-order valence-electron chi connectivity index (χ2n) is 4.98. The minimum atomic E-state index is -0.113. The Morgan fingerprint density at radius 1 is 1.04 bits per heavy atom. The average Bonchev–Trinajstić information content (AvgIpc) is 2.97. The van der Waals surface area contributed by atoms with Gasteiger partial charge in [0, 0.05) is 17.7 Å². The van der Waals surface area contributed by atoms with Crippen molar-refractivity contribution in [2.75, 3.05) is 6.61 Å². The zero-order valence-corrected chi connectivity index (χ0v) is 12.4. The highest BCUT2D eigenvalue weighted by molar-refractivity contribution is 5.86. The number of phenolic OH excluding ortho intramolecular Hbond substituents is 3. The van der Waals surface area contributed by atoms with Crippen LogP contribution in [-0.2, 0) is 0 Å². The van der Waals surface area contributed by atoms with Crippen LogP contribution in [-0.4, -0.2) is 32.1 Å². The molecule has 1 heterocycles. The largest absolute Gasteiger partial charge is 0.508 e. The van der Waals surface area contributed by atoms with Gasteiger partial charge in [0.2, 0.25) is 0 Å². The molecule has 0 saturated carbocycles. The Balaban J connectivity index is 2.10. The Labute approximate surface area is 132 Å². The quantitative estimate of drug-likeness (QED) is 0.592. The molecule has 0 fully saturated rings. The van der Waals surface area contributed by atoms with Crippen LogP contribution in [0.5, 0.6) is 23.0 Å². The number of H-pyrrole nitrogens is 1. The van der Waals surface area contributed by atoms with Crippen LogP contribution in [0.2, 0.25) is 0 Å². The van der Waals surface area contributed by atoms with Crippen LogP contribution in [0.3, 0.4) is 0 Å². The second kappa shape index (κ2) is 5.92. The molecule has 0 saturated heterocycles. The number of phenols is 3. The van der Waals surface area contributed by atoms with Crippen molar-refractivity contribution >= 4 is 0 Å². The van der Waals surface area contributed by atoms with Crippen molar-refractivity contribution in [2.24, 2.45) is 0 Å². The molecule has 0 unspecified atom stereocenters. The number of rotatable bonds is 4. The Morgan fingerprint density at radius 3 is 2.30 bits per heavy atom. The predicted molar refractivity (Wildman–Crippen MR) is 85.6 cm³/mol. The number of nitrogens with zero attached hydrogens (tertiary/aromatic N) is 1. The van der Waals surface area contributed by atoms with Gasteiger partial charge in [0.15, 0.2) is 0 Å². The number of ether oxygens (including phenoxy) is 1. The van der Waals surface area contributed by atoms with E-state index < -0.39 is 0 Å². The number of nitrogens with one attached hydrogen (secondary N) is 1. The summed E-state index contributed by atoms with van der Waals surface area (Å²) in [5.74, 6) is 0.318. The Hall–Kier alpha value is -3.15. The lowest BCUT2D eigenvalue weighted by Crippen LogP contribution is -1.92. The molecule has 4 N–H and O–H groups in total. The standard InChI is InChI=1S/C17H16N2O4/c1-2-23-12-7-14(21)16(15(22)8-12)17-13(9-18-19-17)10-3-5-11(20)6-4-10/h3-9,20-22H,2H2,1H3,(H,18,19). The van der Waals surface area contributed by atoms with Crippen molar-refractivity contribution in [1.82, 2.24) is 10.2 Å². The van der Waals surface area contributed by atoms with Crippen LogP contribution >= 0.6 is 0 Å². The van der Waals surface area contributed by atoms with E-state index >= 15 is 0 Å². The molecular formula is C17H16N2O4. The molecule has 0 amide bonds. The fraction of sp³-hybridized carbons (Fsp3) is 0.118. The van der Waals surface area contributed by atoms with Crippen LogP contribution < -0.4 is 4.74 Å². The van der Waals surface area contributed by atoms with Gasteiger partial charge in [0.05, 0.1) is 24.1 Å². The van der Waals surface area contributed by atoms with Crippen LogP contribution in [0, 0.1) is 0 Å². The maximum absolute atomic E-state index is 10.3. The second-order valence-corrected chi connectivity index (χ2v) is 4.98. The lowest BCUT2D eigenvalue weighted by molar-refractivity contribution is 0.335. The Morgan fingerprint density at radius 2 is 1.70 bits per heavy atom. The topological polar surface area (TPSA) is 98.6 Å². The fourth-order valence-electron chi connectivity index (χ4n) is 2.43. The molecule has 0 bridgehead atoms. The molecule has 6 heteroatoms. The van der Waals surface area contributed by atoms with E-state index in [-0.39, 0.29) is 22.8 Å². The molecule has 0 aliphatic heterocycles. The number of aromatic amines is 1. The van der Waals surface area contributed by atoms with E-state index in [1.807, 2.05) is 6.92 Å². The van der Waals surface area contributed by atoms with E-state index in [1.54, 1.807) is 30.5 Å². The number of hydrogen-bond acceptors (Lipinski definition) is 5. The third kappa shape index (κ3) is 2.78. The molecule has 118 valence electrons. The van der Waals surface area contributed by atoms with E-state index in [2.05, 4.69) is 10.2 Å². The van der Waals surface area contributed by atoms with Crippen molar-refractivity contribution < 1.29 is 20.1 Å². The monoisotopic (exact) mass is 312 g/mol. The molecule has 2 aromatic carbocycles. The number of aromatic nitrogens is 2. The summed E-state index contributed by atoms with van der Waals surface area (Å²) in [5.41, 5.74) is 2.21. The first-order chi connectivity index (χ1) is 11.1. The van der Waals surface area contributed by atoms with E-state index in [1.165, 1.54) is 12.1 Å². The first kappa shape index (κ1) is 14.8. The minimum absolute atomic E-state index is 0.113. The zero-order chi connectivity index (χ0) is 16.4. The highest BCUT2D eigenvalue weighted by Crippen LogP contribution is 2.43.